The van der Waals surface area contributed by atoms with Gasteiger partial charge in [-0.2, -0.15) is 0 Å². The van der Waals surface area contributed by atoms with Crippen LogP contribution in [0.1, 0.15) is 39.0 Å². The van der Waals surface area contributed by atoms with Gasteiger partial charge < -0.3 is 15.3 Å². The first-order valence-electron chi connectivity index (χ1n) is 7.26. The molecule has 0 radical (unpaired) electrons. The van der Waals surface area contributed by atoms with Crippen LogP contribution in [0.2, 0.25) is 0 Å². The van der Waals surface area contributed by atoms with E-state index in [1.165, 1.54) is 6.92 Å². The molecule has 1 heterocycles. The van der Waals surface area contributed by atoms with Crippen molar-refractivity contribution in [2.24, 2.45) is 11.8 Å². The van der Waals surface area contributed by atoms with Gasteiger partial charge in [-0.3, -0.25) is 14.4 Å². The molecule has 1 aliphatic heterocycles. The zero-order chi connectivity index (χ0) is 14.7. The van der Waals surface area contributed by atoms with Gasteiger partial charge in [0.15, 0.2) is 0 Å². The summed E-state index contributed by atoms with van der Waals surface area (Å²) >= 11 is 0. The Bertz CT molecular complexity index is 402. The van der Waals surface area contributed by atoms with Gasteiger partial charge in [0.05, 0.1) is 5.92 Å². The molecular weight excluding hydrogens is 260 g/mol. The standard InChI is InChI=1S/C14H22N2O4/c1-9(17)15-12-4-6-16(7-5-12)13(18)10-2-3-11(8-10)14(19)20/h10-12H,2-8H2,1H3,(H,15,17)(H,19,20)/t10-,11+/m1/s1. The van der Waals surface area contributed by atoms with E-state index in [0.717, 1.165) is 12.8 Å². The molecule has 2 atom stereocenters. The Morgan fingerprint density at radius 1 is 1.05 bits per heavy atom. The summed E-state index contributed by atoms with van der Waals surface area (Å²) in [4.78, 5) is 36.1. The first-order valence-corrected chi connectivity index (χ1v) is 7.26. The second-order valence-corrected chi connectivity index (χ2v) is 5.85. The summed E-state index contributed by atoms with van der Waals surface area (Å²) in [7, 11) is 0. The van der Waals surface area contributed by atoms with Crippen molar-refractivity contribution in [3.8, 4) is 0 Å². The third kappa shape index (κ3) is 3.49. The lowest BCUT2D eigenvalue weighted by Crippen LogP contribution is -2.47. The normalized spacial score (nSPS) is 27.4. The monoisotopic (exact) mass is 282 g/mol. The zero-order valence-electron chi connectivity index (χ0n) is 11.8. The van der Waals surface area contributed by atoms with E-state index >= 15 is 0 Å². The topological polar surface area (TPSA) is 86.7 Å². The molecule has 2 fully saturated rings. The Labute approximate surface area is 118 Å². The Kier molecular flexibility index (Phi) is 4.62. The number of hydrogen-bond acceptors (Lipinski definition) is 3. The van der Waals surface area contributed by atoms with E-state index in [2.05, 4.69) is 5.32 Å². The molecule has 2 N–H and O–H groups in total. The zero-order valence-corrected chi connectivity index (χ0v) is 11.8. The molecule has 0 aromatic rings. The molecule has 1 aliphatic carbocycles. The molecule has 6 heteroatoms. The first kappa shape index (κ1) is 14.8. The van der Waals surface area contributed by atoms with Crippen molar-refractivity contribution >= 4 is 17.8 Å². The number of likely N-dealkylation sites (tertiary alicyclic amines) is 1. The number of amides is 2. The van der Waals surface area contributed by atoms with Gasteiger partial charge >= 0.3 is 5.97 Å². The van der Waals surface area contributed by atoms with E-state index in [-0.39, 0.29) is 29.7 Å². The van der Waals surface area contributed by atoms with Crippen molar-refractivity contribution in [1.82, 2.24) is 10.2 Å². The van der Waals surface area contributed by atoms with Crippen molar-refractivity contribution in [1.29, 1.82) is 0 Å². The van der Waals surface area contributed by atoms with Crippen LogP contribution in [-0.4, -0.2) is 46.9 Å². The van der Waals surface area contributed by atoms with Crippen LogP contribution in [0.25, 0.3) is 0 Å². The van der Waals surface area contributed by atoms with Crippen LogP contribution in [0.4, 0.5) is 0 Å². The molecule has 2 rings (SSSR count). The highest BCUT2D eigenvalue weighted by Crippen LogP contribution is 2.32. The van der Waals surface area contributed by atoms with Gasteiger partial charge in [-0.15, -0.1) is 0 Å². The molecule has 0 unspecified atom stereocenters. The Morgan fingerprint density at radius 3 is 2.15 bits per heavy atom. The summed E-state index contributed by atoms with van der Waals surface area (Å²) in [5.74, 6) is -1.22. The number of carbonyl (C=O) groups excluding carboxylic acids is 2. The third-order valence-electron chi connectivity index (χ3n) is 4.35. The number of rotatable bonds is 3. The van der Waals surface area contributed by atoms with Crippen molar-refractivity contribution in [2.75, 3.05) is 13.1 Å². The molecule has 0 spiro atoms. The van der Waals surface area contributed by atoms with E-state index in [9.17, 15) is 14.4 Å². The van der Waals surface area contributed by atoms with E-state index in [1.54, 1.807) is 0 Å². The molecule has 112 valence electrons. The van der Waals surface area contributed by atoms with E-state index in [1.807, 2.05) is 4.90 Å². The smallest absolute Gasteiger partial charge is 0.306 e. The highest BCUT2D eigenvalue weighted by molar-refractivity contribution is 5.81. The first-order chi connectivity index (χ1) is 9.47. The maximum absolute atomic E-state index is 12.3. The van der Waals surface area contributed by atoms with Gasteiger partial charge in [0.2, 0.25) is 11.8 Å². The lowest BCUT2D eigenvalue weighted by Gasteiger charge is -2.33. The summed E-state index contributed by atoms with van der Waals surface area (Å²) in [6.07, 6.45) is 3.32. The number of piperidine rings is 1. The number of carboxylic acids is 1. The van der Waals surface area contributed by atoms with Crippen LogP contribution in [-0.2, 0) is 14.4 Å². The summed E-state index contributed by atoms with van der Waals surface area (Å²) in [6.45, 7) is 2.80. The second kappa shape index (κ2) is 6.24. The molecule has 0 aromatic carbocycles. The molecular formula is C14H22N2O4. The minimum Gasteiger partial charge on any atom is -0.481 e. The summed E-state index contributed by atoms with van der Waals surface area (Å²) in [6, 6.07) is 0.159. The fourth-order valence-corrected chi connectivity index (χ4v) is 3.22. The Balaban J connectivity index is 1.80. The lowest BCUT2D eigenvalue weighted by molar-refractivity contribution is -0.141. The van der Waals surface area contributed by atoms with Gasteiger partial charge in [0.1, 0.15) is 0 Å². The summed E-state index contributed by atoms with van der Waals surface area (Å²) in [5, 5.41) is 11.9. The second-order valence-electron chi connectivity index (χ2n) is 5.85. The number of carboxylic acid groups (broad SMARTS) is 1. The van der Waals surface area contributed by atoms with E-state index in [0.29, 0.717) is 32.4 Å². The fourth-order valence-electron chi connectivity index (χ4n) is 3.22. The van der Waals surface area contributed by atoms with Gasteiger partial charge in [-0.05, 0) is 32.1 Å². The number of nitrogens with one attached hydrogen (secondary N) is 1. The average molecular weight is 282 g/mol. The Hall–Kier alpha value is -1.59. The number of nitrogens with zero attached hydrogens (tertiary/aromatic N) is 1. The molecule has 1 saturated heterocycles. The molecule has 1 saturated carbocycles. The summed E-state index contributed by atoms with van der Waals surface area (Å²) < 4.78 is 0. The lowest BCUT2D eigenvalue weighted by atomic mass is 10.00. The van der Waals surface area contributed by atoms with Gasteiger partial charge in [0.25, 0.3) is 0 Å². The van der Waals surface area contributed by atoms with Crippen molar-refractivity contribution in [3.05, 3.63) is 0 Å². The molecule has 0 aromatic heterocycles. The van der Waals surface area contributed by atoms with Gasteiger partial charge in [-0.25, -0.2) is 0 Å². The number of carbonyl (C=O) groups is 3. The van der Waals surface area contributed by atoms with E-state index < -0.39 is 5.97 Å². The van der Waals surface area contributed by atoms with Crippen LogP contribution < -0.4 is 5.32 Å². The van der Waals surface area contributed by atoms with E-state index in [4.69, 9.17) is 5.11 Å². The largest absolute Gasteiger partial charge is 0.481 e. The maximum Gasteiger partial charge on any atom is 0.306 e. The SMILES string of the molecule is CC(=O)NC1CCN(C(=O)[C@@H]2CC[C@H](C(=O)O)C2)CC1. The highest BCUT2D eigenvalue weighted by Gasteiger charge is 2.36. The van der Waals surface area contributed by atoms with Crippen LogP contribution in [0.5, 0.6) is 0 Å². The van der Waals surface area contributed by atoms with Crippen LogP contribution in [0.15, 0.2) is 0 Å². The van der Waals surface area contributed by atoms with Crippen LogP contribution in [0, 0.1) is 11.8 Å². The number of aliphatic carboxylic acids is 1. The molecule has 2 aliphatic rings. The molecule has 0 bridgehead atoms. The minimum atomic E-state index is -0.787. The highest BCUT2D eigenvalue weighted by atomic mass is 16.4. The maximum atomic E-state index is 12.3. The minimum absolute atomic E-state index is 0.0325. The predicted octanol–water partition coefficient (Wildman–Crippen LogP) is 0.614. The van der Waals surface area contributed by atoms with Crippen molar-refractivity contribution < 1.29 is 19.5 Å². The van der Waals surface area contributed by atoms with Crippen LogP contribution in [0.3, 0.4) is 0 Å². The predicted molar refractivity (Wildman–Crippen MR) is 71.9 cm³/mol. The average Bonchev–Trinajstić information content (AvgIpc) is 2.88. The number of hydrogen-bond donors (Lipinski definition) is 2. The van der Waals surface area contributed by atoms with Crippen LogP contribution >= 0.6 is 0 Å². The van der Waals surface area contributed by atoms with Crippen molar-refractivity contribution in [2.45, 2.75) is 45.1 Å². The third-order valence-corrected chi connectivity index (χ3v) is 4.35. The van der Waals surface area contributed by atoms with Gasteiger partial charge in [-0.1, -0.05) is 0 Å². The van der Waals surface area contributed by atoms with Gasteiger partial charge in [0, 0.05) is 32.0 Å². The molecule has 20 heavy (non-hydrogen) atoms. The quantitative estimate of drug-likeness (QED) is 0.794. The Morgan fingerprint density at radius 2 is 1.65 bits per heavy atom. The summed E-state index contributed by atoms with van der Waals surface area (Å²) in [5.41, 5.74) is 0. The molecule has 6 nitrogen and oxygen atoms in total. The fraction of sp³-hybridized carbons (Fsp3) is 0.786. The molecule has 2 amide bonds. The van der Waals surface area contributed by atoms with Crippen molar-refractivity contribution in [3.63, 3.8) is 0 Å².